The van der Waals surface area contributed by atoms with Crippen molar-refractivity contribution >= 4 is 5.78 Å². The molecule has 2 aromatic carbocycles. The molecule has 1 unspecified atom stereocenters. The second kappa shape index (κ2) is 7.40. The van der Waals surface area contributed by atoms with Gasteiger partial charge in [-0.1, -0.05) is 42.5 Å². The van der Waals surface area contributed by atoms with E-state index < -0.39 is 17.5 Å². The van der Waals surface area contributed by atoms with E-state index >= 15 is 0 Å². The number of carbonyl (C=O) groups excluding carboxylic acids is 1. The summed E-state index contributed by atoms with van der Waals surface area (Å²) in [5, 5.41) is 20.9. The Kier molecular flexibility index (Phi) is 5.53. The quantitative estimate of drug-likeness (QED) is 0.771. The number of hydrogen-bond donors (Lipinski definition) is 2. The first kappa shape index (κ1) is 17.2. The lowest BCUT2D eigenvalue weighted by atomic mass is 9.86. The average molecular weight is 314 g/mol. The molecule has 0 aliphatic heterocycles. The van der Waals surface area contributed by atoms with E-state index in [4.69, 9.17) is 4.74 Å². The Bertz CT molecular complexity index is 649. The van der Waals surface area contributed by atoms with Gasteiger partial charge in [0.1, 0.15) is 5.75 Å². The van der Waals surface area contributed by atoms with E-state index in [9.17, 15) is 15.0 Å². The zero-order valence-electron chi connectivity index (χ0n) is 13.4. The van der Waals surface area contributed by atoms with Crippen LogP contribution in [0.4, 0.5) is 0 Å². The first-order chi connectivity index (χ1) is 11.0. The fourth-order valence-corrected chi connectivity index (χ4v) is 2.49. The third kappa shape index (κ3) is 3.97. The Morgan fingerprint density at radius 1 is 1.13 bits per heavy atom. The van der Waals surface area contributed by atoms with Gasteiger partial charge in [-0.05, 0) is 37.5 Å². The fraction of sp³-hybridized carbons (Fsp3) is 0.316. The van der Waals surface area contributed by atoms with Crippen molar-refractivity contribution in [3.8, 4) is 5.75 Å². The van der Waals surface area contributed by atoms with Crippen molar-refractivity contribution in [2.75, 3.05) is 7.11 Å². The first-order valence-corrected chi connectivity index (χ1v) is 7.59. The normalized spacial score (nSPS) is 14.8. The lowest BCUT2D eigenvalue weighted by molar-refractivity contribution is -0.0424. The molecule has 0 spiro atoms. The van der Waals surface area contributed by atoms with E-state index in [1.54, 1.807) is 24.3 Å². The lowest BCUT2D eigenvalue weighted by Crippen LogP contribution is -2.47. The Morgan fingerprint density at radius 3 is 2.39 bits per heavy atom. The van der Waals surface area contributed by atoms with Crippen molar-refractivity contribution in [2.45, 2.75) is 31.5 Å². The van der Waals surface area contributed by atoms with Crippen LogP contribution in [0.1, 0.15) is 29.3 Å². The second-order valence-corrected chi connectivity index (χ2v) is 5.72. The van der Waals surface area contributed by atoms with Crippen LogP contribution in [0.5, 0.6) is 5.75 Å². The van der Waals surface area contributed by atoms with Crippen LogP contribution in [-0.2, 0) is 6.42 Å². The van der Waals surface area contributed by atoms with Gasteiger partial charge in [-0.15, -0.1) is 0 Å². The van der Waals surface area contributed by atoms with Crippen LogP contribution in [0, 0.1) is 0 Å². The minimum atomic E-state index is -1.87. The zero-order valence-corrected chi connectivity index (χ0v) is 13.4. The standard InChI is InChI=1S/C19H22O4/c1-19(22,17(20)13-12-14-8-4-3-5-9-14)18(21)15-10-6-7-11-16(15)23-2/h3-11,17,20,22H,12-13H2,1-2H3/t17?,19-/m1/s1. The topological polar surface area (TPSA) is 66.8 Å². The summed E-state index contributed by atoms with van der Waals surface area (Å²) < 4.78 is 5.16. The number of methoxy groups -OCH3 is 1. The Morgan fingerprint density at radius 2 is 1.74 bits per heavy atom. The molecular weight excluding hydrogens is 292 g/mol. The average Bonchev–Trinajstić information content (AvgIpc) is 2.59. The summed E-state index contributed by atoms with van der Waals surface area (Å²) in [6.45, 7) is 1.34. The summed E-state index contributed by atoms with van der Waals surface area (Å²) in [5.74, 6) is -0.163. The second-order valence-electron chi connectivity index (χ2n) is 5.72. The molecule has 2 aromatic rings. The van der Waals surface area contributed by atoms with Crippen LogP contribution < -0.4 is 4.74 Å². The van der Waals surface area contributed by atoms with Gasteiger partial charge in [-0.25, -0.2) is 0 Å². The van der Waals surface area contributed by atoms with Gasteiger partial charge in [0.05, 0.1) is 18.8 Å². The molecule has 2 N–H and O–H groups in total. The van der Waals surface area contributed by atoms with Crippen molar-refractivity contribution in [2.24, 2.45) is 0 Å². The molecule has 2 atom stereocenters. The van der Waals surface area contributed by atoms with Gasteiger partial charge in [0.2, 0.25) is 0 Å². The molecule has 0 aromatic heterocycles. The molecule has 0 aliphatic rings. The van der Waals surface area contributed by atoms with Crippen LogP contribution in [0.3, 0.4) is 0 Å². The van der Waals surface area contributed by atoms with E-state index in [0.717, 1.165) is 5.56 Å². The number of ether oxygens (including phenoxy) is 1. The number of carbonyl (C=O) groups is 1. The molecule has 0 aliphatic carbocycles. The zero-order chi connectivity index (χ0) is 16.9. The number of hydrogen-bond acceptors (Lipinski definition) is 4. The summed E-state index contributed by atoms with van der Waals surface area (Å²) in [6.07, 6.45) is -0.296. The van der Waals surface area contributed by atoms with Gasteiger partial charge in [-0.3, -0.25) is 4.79 Å². The Balaban J connectivity index is 2.11. The fourth-order valence-electron chi connectivity index (χ4n) is 2.49. The van der Waals surface area contributed by atoms with Crippen LogP contribution in [-0.4, -0.2) is 34.8 Å². The van der Waals surface area contributed by atoms with Crippen LogP contribution in [0.25, 0.3) is 0 Å². The summed E-state index contributed by atoms with van der Waals surface area (Å²) >= 11 is 0. The Hall–Kier alpha value is -2.17. The Labute approximate surface area is 136 Å². The molecule has 23 heavy (non-hydrogen) atoms. The van der Waals surface area contributed by atoms with Gasteiger partial charge in [0.15, 0.2) is 11.4 Å². The highest BCUT2D eigenvalue weighted by Crippen LogP contribution is 2.26. The monoisotopic (exact) mass is 314 g/mol. The summed E-state index contributed by atoms with van der Waals surface area (Å²) in [7, 11) is 1.46. The molecule has 0 amide bonds. The van der Waals surface area contributed by atoms with Crippen LogP contribution >= 0.6 is 0 Å². The molecular formula is C19H22O4. The highest BCUT2D eigenvalue weighted by Gasteiger charge is 2.39. The third-order valence-electron chi connectivity index (χ3n) is 4.01. The molecule has 4 heteroatoms. The number of para-hydroxylation sites is 1. The van der Waals surface area contributed by atoms with Crippen molar-refractivity contribution in [1.29, 1.82) is 0 Å². The van der Waals surface area contributed by atoms with E-state index in [-0.39, 0.29) is 12.0 Å². The van der Waals surface area contributed by atoms with Gasteiger partial charge >= 0.3 is 0 Å². The van der Waals surface area contributed by atoms with Gasteiger partial charge in [-0.2, -0.15) is 0 Å². The van der Waals surface area contributed by atoms with E-state index in [1.807, 2.05) is 30.3 Å². The maximum atomic E-state index is 12.6. The van der Waals surface area contributed by atoms with Crippen molar-refractivity contribution in [3.05, 3.63) is 65.7 Å². The molecule has 122 valence electrons. The van der Waals surface area contributed by atoms with Gasteiger partial charge in [0.25, 0.3) is 0 Å². The highest BCUT2D eigenvalue weighted by molar-refractivity contribution is 6.04. The van der Waals surface area contributed by atoms with E-state index in [1.165, 1.54) is 14.0 Å². The molecule has 2 rings (SSSR count). The minimum Gasteiger partial charge on any atom is -0.496 e. The van der Waals surface area contributed by atoms with E-state index in [0.29, 0.717) is 12.2 Å². The minimum absolute atomic E-state index is 0.263. The third-order valence-corrected chi connectivity index (χ3v) is 4.01. The van der Waals surface area contributed by atoms with Crippen molar-refractivity contribution in [3.63, 3.8) is 0 Å². The number of benzene rings is 2. The lowest BCUT2D eigenvalue weighted by Gasteiger charge is -2.28. The summed E-state index contributed by atoms with van der Waals surface area (Å²) in [5.41, 5.74) is -0.561. The summed E-state index contributed by atoms with van der Waals surface area (Å²) in [6, 6.07) is 16.3. The van der Waals surface area contributed by atoms with E-state index in [2.05, 4.69) is 0 Å². The SMILES string of the molecule is COc1ccccc1C(=O)[C@](C)(O)C(O)CCc1ccccc1. The summed E-state index contributed by atoms with van der Waals surface area (Å²) in [4.78, 5) is 12.6. The number of aliphatic hydroxyl groups excluding tert-OH is 1. The van der Waals surface area contributed by atoms with Crippen LogP contribution in [0.15, 0.2) is 54.6 Å². The highest BCUT2D eigenvalue weighted by atomic mass is 16.5. The number of aliphatic hydroxyl groups is 2. The number of rotatable bonds is 7. The number of ketones is 1. The molecule has 0 radical (unpaired) electrons. The van der Waals surface area contributed by atoms with Gasteiger partial charge < -0.3 is 14.9 Å². The molecule has 4 nitrogen and oxygen atoms in total. The number of Topliss-reactive ketones (excluding diaryl/α,β-unsaturated/α-hetero) is 1. The molecule has 0 fully saturated rings. The molecule has 0 bridgehead atoms. The number of aryl methyl sites for hydroxylation is 1. The smallest absolute Gasteiger partial charge is 0.200 e. The predicted octanol–water partition coefficient (Wildman–Crippen LogP) is 2.62. The first-order valence-electron chi connectivity index (χ1n) is 7.59. The predicted molar refractivity (Wildman–Crippen MR) is 88.7 cm³/mol. The van der Waals surface area contributed by atoms with Gasteiger partial charge in [0, 0.05) is 0 Å². The molecule has 0 saturated heterocycles. The maximum Gasteiger partial charge on any atom is 0.200 e. The van der Waals surface area contributed by atoms with Crippen molar-refractivity contribution < 1.29 is 19.7 Å². The maximum absolute atomic E-state index is 12.6. The molecule has 0 saturated carbocycles. The molecule has 0 heterocycles. The largest absolute Gasteiger partial charge is 0.496 e. The van der Waals surface area contributed by atoms with Crippen LogP contribution in [0.2, 0.25) is 0 Å². The van der Waals surface area contributed by atoms with Crippen molar-refractivity contribution in [1.82, 2.24) is 0 Å².